The third-order valence-electron chi connectivity index (χ3n) is 3.09. The molecular weight excluding hydrogens is 262 g/mol. The topological polar surface area (TPSA) is 105 Å². The zero-order valence-corrected chi connectivity index (χ0v) is 11.8. The predicted octanol–water partition coefficient (Wildman–Crippen LogP) is 1.44. The van der Waals surface area contributed by atoms with Gasteiger partial charge in [0.2, 0.25) is 0 Å². The van der Waals surface area contributed by atoms with Gasteiger partial charge >= 0.3 is 0 Å². The van der Waals surface area contributed by atoms with E-state index in [1.165, 1.54) is 6.07 Å². The first-order chi connectivity index (χ1) is 9.36. The van der Waals surface area contributed by atoms with E-state index in [1.54, 1.807) is 6.92 Å². The summed E-state index contributed by atoms with van der Waals surface area (Å²) in [7, 11) is 0. The number of rotatable bonds is 6. The number of aliphatic hydroxyl groups is 1. The van der Waals surface area contributed by atoms with Crippen molar-refractivity contribution in [3.63, 3.8) is 0 Å². The zero-order chi connectivity index (χ0) is 15.3. The zero-order valence-electron chi connectivity index (χ0n) is 11.8. The number of hydrogen-bond donors (Lipinski definition) is 2. The molecule has 0 saturated carbocycles. The Morgan fingerprint density at radius 3 is 2.70 bits per heavy atom. The standard InChI is InChI=1S/C13H19N3O4/c1-8(2)12(4-5-17)15-13(18)11-6-10(16(19)20)7-14-9(11)3/h6-8,12,17H,4-5H2,1-3H3,(H,15,18). The summed E-state index contributed by atoms with van der Waals surface area (Å²) in [5.74, 6) is -0.260. The van der Waals surface area contributed by atoms with Gasteiger partial charge in [0.15, 0.2) is 0 Å². The van der Waals surface area contributed by atoms with E-state index in [1.807, 2.05) is 13.8 Å². The molecule has 0 radical (unpaired) electrons. The summed E-state index contributed by atoms with van der Waals surface area (Å²) >= 11 is 0. The van der Waals surface area contributed by atoms with Gasteiger partial charge in [-0.15, -0.1) is 0 Å². The Balaban J connectivity index is 2.96. The number of carbonyl (C=O) groups is 1. The number of pyridine rings is 1. The van der Waals surface area contributed by atoms with Crippen molar-refractivity contribution in [2.24, 2.45) is 5.92 Å². The van der Waals surface area contributed by atoms with E-state index in [4.69, 9.17) is 5.11 Å². The number of carbonyl (C=O) groups excluding carboxylic acids is 1. The molecule has 0 saturated heterocycles. The van der Waals surface area contributed by atoms with Gasteiger partial charge in [0.05, 0.1) is 16.2 Å². The minimum absolute atomic E-state index is 0.0324. The molecule has 0 spiro atoms. The van der Waals surface area contributed by atoms with Gasteiger partial charge in [-0.2, -0.15) is 0 Å². The van der Waals surface area contributed by atoms with Crippen LogP contribution in [-0.2, 0) is 0 Å². The van der Waals surface area contributed by atoms with Crippen molar-refractivity contribution in [1.82, 2.24) is 10.3 Å². The van der Waals surface area contributed by atoms with E-state index in [2.05, 4.69) is 10.3 Å². The highest BCUT2D eigenvalue weighted by atomic mass is 16.6. The van der Waals surface area contributed by atoms with Gasteiger partial charge in [0.25, 0.3) is 11.6 Å². The van der Waals surface area contributed by atoms with Crippen LogP contribution in [0.2, 0.25) is 0 Å². The average Bonchev–Trinajstić information content (AvgIpc) is 2.38. The molecule has 0 aliphatic carbocycles. The molecule has 1 atom stereocenters. The average molecular weight is 281 g/mol. The molecule has 0 fully saturated rings. The Labute approximate surface area is 117 Å². The maximum atomic E-state index is 12.2. The molecule has 20 heavy (non-hydrogen) atoms. The SMILES string of the molecule is Cc1ncc([N+](=O)[O-])cc1C(=O)NC(CCO)C(C)C. The molecule has 1 amide bonds. The fraction of sp³-hybridized carbons (Fsp3) is 0.538. The number of nitrogens with zero attached hydrogens (tertiary/aromatic N) is 2. The van der Waals surface area contributed by atoms with E-state index in [0.717, 1.165) is 6.20 Å². The second-order valence-electron chi connectivity index (χ2n) is 4.92. The van der Waals surface area contributed by atoms with Crippen molar-refractivity contribution in [1.29, 1.82) is 0 Å². The third kappa shape index (κ3) is 3.99. The van der Waals surface area contributed by atoms with Crippen LogP contribution < -0.4 is 5.32 Å². The van der Waals surface area contributed by atoms with Crippen LogP contribution in [-0.4, -0.2) is 33.6 Å². The van der Waals surface area contributed by atoms with Gasteiger partial charge in [-0.1, -0.05) is 13.8 Å². The van der Waals surface area contributed by atoms with Crippen LogP contribution in [0.5, 0.6) is 0 Å². The molecule has 110 valence electrons. The van der Waals surface area contributed by atoms with Crippen molar-refractivity contribution in [3.8, 4) is 0 Å². The van der Waals surface area contributed by atoms with Crippen molar-refractivity contribution >= 4 is 11.6 Å². The van der Waals surface area contributed by atoms with Crippen molar-refractivity contribution in [2.75, 3.05) is 6.61 Å². The highest BCUT2D eigenvalue weighted by Crippen LogP contribution is 2.15. The smallest absolute Gasteiger partial charge is 0.288 e. The summed E-state index contributed by atoms with van der Waals surface area (Å²) in [6, 6.07) is 1.03. The van der Waals surface area contributed by atoms with Crippen molar-refractivity contribution in [3.05, 3.63) is 33.6 Å². The molecule has 1 unspecified atom stereocenters. The fourth-order valence-corrected chi connectivity index (χ4v) is 1.81. The maximum Gasteiger partial charge on any atom is 0.288 e. The number of hydrogen-bond acceptors (Lipinski definition) is 5. The second kappa shape index (κ2) is 6.95. The van der Waals surface area contributed by atoms with E-state index in [0.29, 0.717) is 12.1 Å². The Morgan fingerprint density at radius 1 is 1.55 bits per heavy atom. The predicted molar refractivity (Wildman–Crippen MR) is 73.4 cm³/mol. The normalized spacial score (nSPS) is 12.2. The Kier molecular flexibility index (Phi) is 5.57. The molecule has 1 heterocycles. The summed E-state index contributed by atoms with van der Waals surface area (Å²) in [6.07, 6.45) is 1.56. The monoisotopic (exact) mass is 281 g/mol. The van der Waals surface area contributed by atoms with Gasteiger partial charge in [-0.3, -0.25) is 19.9 Å². The molecule has 0 aromatic carbocycles. The van der Waals surface area contributed by atoms with Crippen LogP contribution in [0.15, 0.2) is 12.3 Å². The van der Waals surface area contributed by atoms with Gasteiger partial charge in [-0.05, 0) is 19.3 Å². The Morgan fingerprint density at radius 2 is 2.20 bits per heavy atom. The number of nitro groups is 1. The summed E-state index contributed by atoms with van der Waals surface area (Å²) in [4.78, 5) is 26.2. The maximum absolute atomic E-state index is 12.2. The van der Waals surface area contributed by atoms with Crippen LogP contribution in [0.1, 0.15) is 36.3 Å². The minimum Gasteiger partial charge on any atom is -0.396 e. The molecular formula is C13H19N3O4. The first kappa shape index (κ1) is 16.0. The lowest BCUT2D eigenvalue weighted by Gasteiger charge is -2.21. The van der Waals surface area contributed by atoms with E-state index >= 15 is 0 Å². The molecule has 2 N–H and O–H groups in total. The molecule has 7 nitrogen and oxygen atoms in total. The molecule has 1 rings (SSSR count). The highest BCUT2D eigenvalue weighted by Gasteiger charge is 2.20. The number of amides is 1. The third-order valence-corrected chi connectivity index (χ3v) is 3.09. The van der Waals surface area contributed by atoms with Crippen LogP contribution in [0.4, 0.5) is 5.69 Å². The summed E-state index contributed by atoms with van der Waals surface area (Å²) in [5.41, 5.74) is 0.395. The van der Waals surface area contributed by atoms with Gasteiger partial charge in [-0.25, -0.2) is 0 Å². The largest absolute Gasteiger partial charge is 0.396 e. The second-order valence-corrected chi connectivity index (χ2v) is 4.92. The van der Waals surface area contributed by atoms with Gasteiger partial charge in [0.1, 0.15) is 6.20 Å². The van der Waals surface area contributed by atoms with Gasteiger partial charge < -0.3 is 10.4 Å². The first-order valence-electron chi connectivity index (χ1n) is 6.39. The lowest BCUT2D eigenvalue weighted by Crippen LogP contribution is -2.39. The van der Waals surface area contributed by atoms with Crippen LogP contribution in [0, 0.1) is 23.0 Å². The van der Waals surface area contributed by atoms with Crippen molar-refractivity contribution in [2.45, 2.75) is 33.2 Å². The van der Waals surface area contributed by atoms with Crippen LogP contribution in [0.3, 0.4) is 0 Å². The summed E-state index contributed by atoms with van der Waals surface area (Å²) in [5, 5.41) is 22.5. The molecule has 0 aliphatic rings. The highest BCUT2D eigenvalue weighted by molar-refractivity contribution is 5.95. The number of aryl methyl sites for hydroxylation is 1. The van der Waals surface area contributed by atoms with Gasteiger partial charge in [0, 0.05) is 18.7 Å². The lowest BCUT2D eigenvalue weighted by molar-refractivity contribution is -0.385. The van der Waals surface area contributed by atoms with Crippen LogP contribution in [0.25, 0.3) is 0 Å². The molecule has 1 aromatic rings. The fourth-order valence-electron chi connectivity index (χ4n) is 1.81. The van der Waals surface area contributed by atoms with E-state index in [-0.39, 0.29) is 29.8 Å². The quantitative estimate of drug-likeness (QED) is 0.606. The minimum atomic E-state index is -0.586. The number of aliphatic hydroxyl groups excluding tert-OH is 1. The first-order valence-corrected chi connectivity index (χ1v) is 6.39. The number of aromatic nitrogens is 1. The van der Waals surface area contributed by atoms with Crippen molar-refractivity contribution < 1.29 is 14.8 Å². The Bertz CT molecular complexity index is 502. The molecule has 7 heteroatoms. The number of nitrogens with one attached hydrogen (secondary N) is 1. The van der Waals surface area contributed by atoms with Crippen LogP contribution >= 0.6 is 0 Å². The lowest BCUT2D eigenvalue weighted by atomic mass is 10.0. The van der Waals surface area contributed by atoms with E-state index in [9.17, 15) is 14.9 Å². The Hall–Kier alpha value is -2.02. The molecule has 1 aromatic heterocycles. The summed E-state index contributed by atoms with van der Waals surface area (Å²) in [6.45, 7) is 5.45. The molecule has 0 bridgehead atoms. The molecule has 0 aliphatic heterocycles. The van der Waals surface area contributed by atoms with E-state index < -0.39 is 10.8 Å². The summed E-state index contributed by atoms with van der Waals surface area (Å²) < 4.78 is 0.